The van der Waals surface area contributed by atoms with Crippen LogP contribution in [-0.2, 0) is 0 Å². The molecule has 0 aromatic heterocycles. The van der Waals surface area contributed by atoms with Gasteiger partial charge in [-0.3, -0.25) is 0 Å². The summed E-state index contributed by atoms with van der Waals surface area (Å²) in [4.78, 5) is 0. The molecule has 0 aromatic carbocycles. The second-order valence-corrected chi connectivity index (χ2v) is 1.35. The average Bonchev–Trinajstić information content (AvgIpc) is 1.41. The van der Waals surface area contributed by atoms with E-state index in [4.69, 9.17) is 0 Å². The molecule has 0 nitrogen and oxygen atoms in total. The van der Waals surface area contributed by atoms with Crippen LogP contribution >= 0.6 is 0 Å². The summed E-state index contributed by atoms with van der Waals surface area (Å²) in [6.07, 6.45) is 2.73. The van der Waals surface area contributed by atoms with Crippen LogP contribution in [0.4, 0.5) is 0 Å². The van der Waals surface area contributed by atoms with E-state index in [0.29, 0.717) is 0 Å². The molecule has 0 aliphatic carbocycles. The van der Waals surface area contributed by atoms with Gasteiger partial charge in [0, 0.05) is 0 Å². The van der Waals surface area contributed by atoms with Crippen LogP contribution in [0, 0.1) is 0 Å². The molecule has 0 aromatic rings. The molecule has 0 aliphatic heterocycles. The maximum absolute atomic E-state index is 2.21. The first-order chi connectivity index (χ1) is 2.41. The van der Waals surface area contributed by atoms with Crippen molar-refractivity contribution in [2.45, 2.75) is 24.9 Å². The predicted molar refractivity (Wildman–Crippen MR) is 32.6 cm³/mol. The Kier molecular flexibility index (Phi) is 19.0. The molecule has 0 fully saturated rings. The molecule has 0 atom stereocenters. The van der Waals surface area contributed by atoms with Crippen LogP contribution in [0.1, 0.15) is 19.8 Å². The van der Waals surface area contributed by atoms with Crippen molar-refractivity contribution < 1.29 is 0 Å². The fourth-order valence-corrected chi connectivity index (χ4v) is 0.354. The van der Waals surface area contributed by atoms with Crippen molar-refractivity contribution in [3.8, 4) is 0 Å². The van der Waals surface area contributed by atoms with E-state index in [1.54, 1.807) is 0 Å². The van der Waals surface area contributed by atoms with Gasteiger partial charge in [0.05, 0.1) is 0 Å². The van der Waals surface area contributed by atoms with E-state index in [1.807, 2.05) is 0 Å². The quantitative estimate of drug-likeness (QED) is 0.453. The molecule has 0 N–H and O–H groups in total. The summed E-state index contributed by atoms with van der Waals surface area (Å²) in [5.74, 6) is 0. The van der Waals surface area contributed by atoms with Crippen molar-refractivity contribution >= 4 is 69.1 Å². The zero-order valence-electron chi connectivity index (χ0n) is 4.12. The van der Waals surface area contributed by atoms with Gasteiger partial charge < -0.3 is 0 Å². The fraction of sp³-hybridized carbons (Fsp3) is 1.00. The standard InChI is InChI=1S/C4H9.K.Li.H/c1-3-4-2;;;/h1,3-4H2,2H3;;;. The van der Waals surface area contributed by atoms with Crippen LogP contribution in [0.15, 0.2) is 0 Å². The number of rotatable bonds is 2. The van der Waals surface area contributed by atoms with Crippen molar-refractivity contribution in [2.24, 2.45) is 0 Å². The molecule has 0 aliphatic rings. The van der Waals surface area contributed by atoms with Gasteiger partial charge in [0.2, 0.25) is 0 Å². The van der Waals surface area contributed by atoms with E-state index >= 15 is 0 Å². The molecular formula is C4H10KLi. The van der Waals surface area contributed by atoms with Gasteiger partial charge >= 0.3 is 94.0 Å². The molecule has 0 amide bonds. The van der Waals surface area contributed by atoms with Gasteiger partial charge in [-0.2, -0.15) is 0 Å². The molecule has 0 bridgehead atoms. The first kappa shape index (κ1) is 11.1. The van der Waals surface area contributed by atoms with Crippen LogP contribution in [-0.4, -0.2) is 69.1 Å². The van der Waals surface area contributed by atoms with Gasteiger partial charge in [-0.1, -0.05) is 0 Å². The first-order valence-electron chi connectivity index (χ1n) is 2.41. The zero-order valence-corrected chi connectivity index (χ0v) is 4.12. The van der Waals surface area contributed by atoms with Crippen LogP contribution in [0.5, 0.6) is 0 Å². The Hall–Kier alpha value is 2.23. The van der Waals surface area contributed by atoms with Gasteiger partial charge in [-0.25, -0.2) is 0 Å². The zero-order chi connectivity index (χ0) is 4.12. The van der Waals surface area contributed by atoms with E-state index in [0.717, 1.165) is 0 Å². The SMILES string of the molecule is [KH].[Li][CH2]CCC. The molecule has 2 heteroatoms. The van der Waals surface area contributed by atoms with Crippen LogP contribution in [0.2, 0.25) is 5.09 Å². The minimum atomic E-state index is 0. The summed E-state index contributed by atoms with van der Waals surface area (Å²) < 4.78 is 0. The Balaban J connectivity index is 0. The number of unbranched alkanes of at least 4 members (excludes halogenated alkanes) is 1. The third-order valence-corrected chi connectivity index (χ3v) is 0.707. The van der Waals surface area contributed by atoms with E-state index in [9.17, 15) is 0 Å². The summed E-state index contributed by atoms with van der Waals surface area (Å²) in [5, 5.41) is 1.34. The summed E-state index contributed by atoms with van der Waals surface area (Å²) in [6, 6.07) is 0. The maximum atomic E-state index is 2.21. The van der Waals surface area contributed by atoms with Crippen molar-refractivity contribution in [1.82, 2.24) is 0 Å². The second kappa shape index (κ2) is 10.3. The topological polar surface area (TPSA) is 0 Å². The van der Waals surface area contributed by atoms with Crippen molar-refractivity contribution in [1.29, 1.82) is 0 Å². The molecular weight excluding hydrogens is 94.1 g/mol. The fourth-order valence-electron chi connectivity index (χ4n) is 0.354. The van der Waals surface area contributed by atoms with Gasteiger partial charge in [-0.05, 0) is 0 Å². The van der Waals surface area contributed by atoms with E-state index in [-0.39, 0.29) is 51.4 Å². The molecule has 6 heavy (non-hydrogen) atoms. The van der Waals surface area contributed by atoms with Gasteiger partial charge in [0.15, 0.2) is 0 Å². The second-order valence-electron chi connectivity index (χ2n) is 1.35. The third-order valence-electron chi connectivity index (χ3n) is 0.707. The molecule has 0 saturated carbocycles. The summed E-state index contributed by atoms with van der Waals surface area (Å²) in [5.41, 5.74) is 0. The van der Waals surface area contributed by atoms with Gasteiger partial charge in [-0.15, -0.1) is 0 Å². The van der Waals surface area contributed by atoms with Crippen LogP contribution < -0.4 is 0 Å². The number of hydrogen-bond acceptors (Lipinski definition) is 0. The summed E-state index contributed by atoms with van der Waals surface area (Å²) in [7, 11) is 0. The van der Waals surface area contributed by atoms with E-state index in [2.05, 4.69) is 24.6 Å². The Labute approximate surface area is 92.1 Å². The Morgan fingerprint density at radius 1 is 1.50 bits per heavy atom. The van der Waals surface area contributed by atoms with Crippen molar-refractivity contribution in [2.75, 3.05) is 0 Å². The molecule has 0 heterocycles. The predicted octanol–water partition coefficient (Wildman–Crippen LogP) is 0.725. The normalized spacial score (nSPS) is 7.17. The van der Waals surface area contributed by atoms with Crippen LogP contribution in [0.3, 0.4) is 0 Å². The van der Waals surface area contributed by atoms with Crippen molar-refractivity contribution in [3.05, 3.63) is 0 Å². The minimum absolute atomic E-state index is 0. The number of hydrogen-bond donors (Lipinski definition) is 0. The third kappa shape index (κ3) is 9.53. The molecule has 0 saturated heterocycles. The van der Waals surface area contributed by atoms with E-state index < -0.39 is 0 Å². The average molecular weight is 104 g/mol. The molecule has 0 unspecified atom stereocenters. The summed E-state index contributed by atoms with van der Waals surface area (Å²) >= 11 is 2.21. The van der Waals surface area contributed by atoms with Crippen LogP contribution in [0.25, 0.3) is 0 Å². The summed E-state index contributed by atoms with van der Waals surface area (Å²) in [6.45, 7) is 2.21. The molecule has 0 spiro atoms. The molecule has 28 valence electrons. The molecule has 0 radical (unpaired) electrons. The van der Waals surface area contributed by atoms with Gasteiger partial charge in [0.1, 0.15) is 0 Å². The van der Waals surface area contributed by atoms with Crippen molar-refractivity contribution in [3.63, 3.8) is 0 Å². The van der Waals surface area contributed by atoms with Gasteiger partial charge in [0.25, 0.3) is 0 Å². The Morgan fingerprint density at radius 3 is 2.00 bits per heavy atom. The monoisotopic (exact) mass is 104 g/mol. The van der Waals surface area contributed by atoms with E-state index in [1.165, 1.54) is 17.9 Å². The first-order valence-corrected chi connectivity index (χ1v) is 2.41. The Bertz CT molecular complexity index is 15.0. The Morgan fingerprint density at radius 2 is 2.00 bits per heavy atom. The molecule has 0 rings (SSSR count).